The van der Waals surface area contributed by atoms with Gasteiger partial charge in [0, 0.05) is 25.2 Å². The highest BCUT2D eigenvalue weighted by Gasteiger charge is 2.33. The summed E-state index contributed by atoms with van der Waals surface area (Å²) in [5.74, 6) is 0.0666. The molecule has 156 valence electrons. The lowest BCUT2D eigenvalue weighted by molar-refractivity contribution is 0.0814. The topological polar surface area (TPSA) is 84.1 Å². The number of rotatable bonds is 4. The van der Waals surface area contributed by atoms with Gasteiger partial charge in [0.2, 0.25) is 0 Å². The Morgan fingerprint density at radius 3 is 2.65 bits per heavy atom. The average molecular weight is 417 g/mol. The number of pyridine rings is 1. The van der Waals surface area contributed by atoms with E-state index >= 15 is 0 Å². The number of fused-ring (bicyclic) bond motifs is 2. The highest BCUT2D eigenvalue weighted by molar-refractivity contribution is 6.07. The number of hydrogen-bond donors (Lipinski definition) is 1. The van der Waals surface area contributed by atoms with Gasteiger partial charge in [0.05, 0.1) is 12.1 Å². The Balaban J connectivity index is 1.68. The van der Waals surface area contributed by atoms with Crippen molar-refractivity contribution in [3.05, 3.63) is 82.3 Å². The monoisotopic (exact) mass is 417 g/mol. The lowest BCUT2D eigenvalue weighted by Gasteiger charge is -2.14. The molecule has 0 atom stereocenters. The number of aromatic hydroxyl groups is 1. The maximum atomic E-state index is 13.2. The third-order valence-corrected chi connectivity index (χ3v) is 5.65. The molecule has 4 aromatic rings. The first-order valence-corrected chi connectivity index (χ1v) is 9.92. The van der Waals surface area contributed by atoms with Crippen molar-refractivity contribution < 1.29 is 14.3 Å². The van der Waals surface area contributed by atoms with E-state index in [0.717, 1.165) is 27.6 Å². The first-order chi connectivity index (χ1) is 14.9. The summed E-state index contributed by atoms with van der Waals surface area (Å²) >= 11 is 0. The summed E-state index contributed by atoms with van der Waals surface area (Å²) in [6, 6.07) is 8.33. The number of halogens is 1. The predicted octanol–water partition coefficient (Wildman–Crippen LogP) is 3.20. The molecule has 0 fully saturated rings. The zero-order valence-electron chi connectivity index (χ0n) is 17.1. The largest absolute Gasteiger partial charge is 0.505 e. The number of carbonyl (C=O) groups is 1. The molecule has 0 spiro atoms. The lowest BCUT2D eigenvalue weighted by atomic mass is 9.95. The van der Waals surface area contributed by atoms with Crippen LogP contribution in [0, 0.1) is 12.7 Å². The quantitative estimate of drug-likeness (QED) is 0.551. The summed E-state index contributed by atoms with van der Waals surface area (Å²) in [5, 5.41) is 16.0. The second-order valence-electron chi connectivity index (χ2n) is 7.87. The summed E-state index contributed by atoms with van der Waals surface area (Å²) in [5.41, 5.74) is 4.24. The molecule has 3 heterocycles. The van der Waals surface area contributed by atoms with Crippen LogP contribution >= 0.6 is 0 Å². The number of aromatic nitrogens is 4. The maximum absolute atomic E-state index is 13.2. The molecule has 2 aromatic heterocycles. The number of phenols is 1. The van der Waals surface area contributed by atoms with Crippen LogP contribution in [-0.4, -0.2) is 42.7 Å². The van der Waals surface area contributed by atoms with E-state index in [2.05, 4.69) is 15.1 Å². The van der Waals surface area contributed by atoms with Crippen molar-refractivity contribution >= 4 is 16.8 Å². The van der Waals surface area contributed by atoms with Gasteiger partial charge in [-0.25, -0.2) is 14.1 Å². The fourth-order valence-corrected chi connectivity index (χ4v) is 4.15. The van der Waals surface area contributed by atoms with Crippen molar-refractivity contribution in [2.75, 3.05) is 7.05 Å². The molecule has 7 nitrogen and oxygen atoms in total. The number of aryl methyl sites for hydroxylation is 1. The average Bonchev–Trinajstić information content (AvgIpc) is 3.29. The van der Waals surface area contributed by atoms with Crippen molar-refractivity contribution in [1.82, 2.24) is 24.6 Å². The number of nitrogens with zero attached hydrogens (tertiary/aromatic N) is 5. The van der Waals surface area contributed by atoms with Crippen LogP contribution in [0.3, 0.4) is 0 Å². The van der Waals surface area contributed by atoms with Gasteiger partial charge in [0.25, 0.3) is 5.91 Å². The van der Waals surface area contributed by atoms with Gasteiger partial charge in [0.1, 0.15) is 23.5 Å². The SMILES string of the molecule is Cc1ncn(Cc2c3c(c(O)c4ncc(Cc5ccc(F)cc5)cc24)C(=O)N(C)C3)n1. The highest BCUT2D eigenvalue weighted by Crippen LogP contribution is 2.39. The van der Waals surface area contributed by atoms with Crippen molar-refractivity contribution in [3.63, 3.8) is 0 Å². The van der Waals surface area contributed by atoms with Crippen LogP contribution in [-0.2, 0) is 19.5 Å². The molecular weight excluding hydrogens is 397 g/mol. The Kier molecular flexibility index (Phi) is 4.43. The Bertz CT molecular complexity index is 1330. The van der Waals surface area contributed by atoms with Gasteiger partial charge in [-0.15, -0.1) is 0 Å². The Labute approximate surface area is 177 Å². The number of hydrogen-bond acceptors (Lipinski definition) is 5. The minimum Gasteiger partial charge on any atom is -0.505 e. The van der Waals surface area contributed by atoms with Crippen molar-refractivity contribution in [3.8, 4) is 5.75 Å². The second-order valence-corrected chi connectivity index (χ2v) is 7.87. The van der Waals surface area contributed by atoms with Gasteiger partial charge in [0.15, 0.2) is 5.75 Å². The Hall–Kier alpha value is -3.81. The van der Waals surface area contributed by atoms with Crippen LogP contribution in [0.5, 0.6) is 5.75 Å². The molecule has 1 aliphatic heterocycles. The third-order valence-electron chi connectivity index (χ3n) is 5.65. The van der Waals surface area contributed by atoms with Gasteiger partial charge in [-0.1, -0.05) is 12.1 Å². The van der Waals surface area contributed by atoms with Gasteiger partial charge in [-0.3, -0.25) is 9.78 Å². The zero-order valence-corrected chi connectivity index (χ0v) is 17.1. The summed E-state index contributed by atoms with van der Waals surface area (Å²) in [6.07, 6.45) is 3.91. The zero-order chi connectivity index (χ0) is 21.7. The predicted molar refractivity (Wildman–Crippen MR) is 112 cm³/mol. The van der Waals surface area contributed by atoms with Gasteiger partial charge in [-0.2, -0.15) is 5.10 Å². The minimum absolute atomic E-state index is 0.0915. The molecule has 0 unspecified atom stereocenters. The molecule has 31 heavy (non-hydrogen) atoms. The molecule has 5 rings (SSSR count). The molecule has 1 aliphatic rings. The second kappa shape index (κ2) is 7.16. The van der Waals surface area contributed by atoms with Crippen LogP contribution < -0.4 is 0 Å². The van der Waals surface area contributed by atoms with Crippen LogP contribution in [0.15, 0.2) is 42.9 Å². The fourth-order valence-electron chi connectivity index (χ4n) is 4.15. The van der Waals surface area contributed by atoms with E-state index in [-0.39, 0.29) is 17.5 Å². The Morgan fingerprint density at radius 2 is 1.94 bits per heavy atom. The summed E-state index contributed by atoms with van der Waals surface area (Å²) in [7, 11) is 1.71. The van der Waals surface area contributed by atoms with Crippen molar-refractivity contribution in [2.45, 2.75) is 26.4 Å². The number of carbonyl (C=O) groups excluding carboxylic acids is 1. The van der Waals surface area contributed by atoms with E-state index < -0.39 is 0 Å². The first-order valence-electron chi connectivity index (χ1n) is 9.92. The molecule has 1 amide bonds. The van der Waals surface area contributed by atoms with E-state index in [4.69, 9.17) is 0 Å². The lowest BCUT2D eigenvalue weighted by Crippen LogP contribution is -2.17. The maximum Gasteiger partial charge on any atom is 0.258 e. The van der Waals surface area contributed by atoms with Crippen LogP contribution in [0.4, 0.5) is 4.39 Å². The molecule has 0 saturated carbocycles. The number of phenolic OH excluding ortho intramolecular Hbond substituents is 1. The highest BCUT2D eigenvalue weighted by atomic mass is 19.1. The van der Waals surface area contributed by atoms with Crippen LogP contribution in [0.1, 0.15) is 38.4 Å². The molecular formula is C23H20FN5O2. The van der Waals surface area contributed by atoms with Crippen LogP contribution in [0.2, 0.25) is 0 Å². The standard InChI is InChI=1S/C23H20FN5O2/c1-13-26-12-29(27-13)11-18-17-8-15(7-14-3-5-16(24)6-4-14)9-25-21(17)22(30)20-19(18)10-28(2)23(20)31/h3-6,8-9,12,30H,7,10-11H2,1-2H3. The number of amides is 1. The Morgan fingerprint density at radius 1 is 1.16 bits per heavy atom. The smallest absolute Gasteiger partial charge is 0.258 e. The fraction of sp³-hybridized carbons (Fsp3) is 0.217. The number of benzene rings is 2. The molecule has 8 heteroatoms. The van der Waals surface area contributed by atoms with E-state index in [1.165, 1.54) is 12.1 Å². The third kappa shape index (κ3) is 3.30. The van der Waals surface area contributed by atoms with E-state index in [0.29, 0.717) is 36.4 Å². The van der Waals surface area contributed by atoms with Gasteiger partial charge < -0.3 is 10.0 Å². The van der Waals surface area contributed by atoms with Crippen LogP contribution in [0.25, 0.3) is 10.9 Å². The van der Waals surface area contributed by atoms with Gasteiger partial charge >= 0.3 is 0 Å². The molecule has 0 aliphatic carbocycles. The van der Waals surface area contributed by atoms with Crippen molar-refractivity contribution in [1.29, 1.82) is 0 Å². The normalized spacial score (nSPS) is 13.3. The molecule has 1 N–H and O–H groups in total. The van der Waals surface area contributed by atoms with Gasteiger partial charge in [-0.05, 0) is 53.8 Å². The summed E-state index contributed by atoms with van der Waals surface area (Å²) in [6.45, 7) is 2.63. The summed E-state index contributed by atoms with van der Waals surface area (Å²) in [4.78, 5) is 23.0. The first kappa shape index (κ1) is 19.2. The molecule has 0 radical (unpaired) electrons. The van der Waals surface area contributed by atoms with E-state index in [1.807, 2.05) is 13.0 Å². The van der Waals surface area contributed by atoms with Crippen molar-refractivity contribution in [2.24, 2.45) is 0 Å². The van der Waals surface area contributed by atoms with E-state index in [1.54, 1.807) is 41.3 Å². The molecule has 0 saturated heterocycles. The molecule has 2 aromatic carbocycles. The summed E-state index contributed by atoms with van der Waals surface area (Å²) < 4.78 is 15.0. The minimum atomic E-state index is -0.278. The molecule has 0 bridgehead atoms. The van der Waals surface area contributed by atoms with E-state index in [9.17, 15) is 14.3 Å².